The maximum absolute atomic E-state index is 12.7. The lowest BCUT2D eigenvalue weighted by molar-refractivity contribution is -0.137. The molecule has 0 unspecified atom stereocenters. The number of hydrogen-bond donors (Lipinski definition) is 0. The van der Waals surface area contributed by atoms with Crippen LogP contribution in [0.5, 0.6) is 28.9 Å². The number of benzene rings is 2. The monoisotopic (exact) mass is 567 g/mol. The maximum Gasteiger partial charge on any atom is 0.417 e. The molecule has 0 bridgehead atoms. The van der Waals surface area contributed by atoms with Gasteiger partial charge in [0.15, 0.2) is 0 Å². The van der Waals surface area contributed by atoms with Crippen LogP contribution in [0, 0.1) is 0 Å². The van der Waals surface area contributed by atoms with Crippen LogP contribution in [0.15, 0.2) is 69.8 Å². The van der Waals surface area contributed by atoms with Crippen LogP contribution in [0.1, 0.15) is 5.56 Å². The molecule has 0 aliphatic rings. The zero-order valence-corrected chi connectivity index (χ0v) is 19.7. The van der Waals surface area contributed by atoms with E-state index in [0.29, 0.717) is 33.7 Å². The van der Waals surface area contributed by atoms with Gasteiger partial charge in [0, 0.05) is 6.20 Å². The van der Waals surface area contributed by atoms with Crippen molar-refractivity contribution in [2.24, 2.45) is 0 Å². The smallest absolute Gasteiger partial charge is 0.417 e. The topological polar surface area (TPSA) is 40.6 Å². The Labute approximate surface area is 204 Å². The van der Waals surface area contributed by atoms with Crippen molar-refractivity contribution in [1.29, 1.82) is 0 Å². The quantitative estimate of drug-likeness (QED) is 0.285. The van der Waals surface area contributed by atoms with Gasteiger partial charge in [-0.05, 0) is 70.5 Å². The van der Waals surface area contributed by atoms with E-state index in [-0.39, 0.29) is 22.0 Å². The van der Waals surface area contributed by atoms with Crippen LogP contribution >= 0.6 is 50.7 Å². The first kappa shape index (κ1) is 24.5. The van der Waals surface area contributed by atoms with Crippen LogP contribution in [0.25, 0.3) is 0 Å². The predicted molar refractivity (Wildman–Crippen MR) is 120 cm³/mol. The van der Waals surface area contributed by atoms with Crippen LogP contribution in [-0.2, 0) is 6.18 Å². The standard InChI is InChI=1S/C21H12BrCl3F3NO3/c22-16-10-15(5-6-18(16)30-8-7-19(24)25)31-13-1-3-14(4-2-13)32-20-17(23)9-12(11-29-20)21(26,27)28/h1-7,9-11H,8H2. The molecule has 1 aromatic heterocycles. The third-order valence-corrected chi connectivity index (χ3v) is 4.99. The molecular formula is C21H12BrCl3F3NO3. The van der Waals surface area contributed by atoms with Gasteiger partial charge in [0.1, 0.15) is 39.1 Å². The van der Waals surface area contributed by atoms with Crippen molar-refractivity contribution in [1.82, 2.24) is 4.98 Å². The molecule has 0 spiro atoms. The average molecular weight is 570 g/mol. The molecule has 0 radical (unpaired) electrons. The van der Waals surface area contributed by atoms with Crippen molar-refractivity contribution in [3.05, 3.63) is 80.4 Å². The number of aromatic nitrogens is 1. The fourth-order valence-electron chi connectivity index (χ4n) is 2.34. The highest BCUT2D eigenvalue weighted by atomic mass is 79.9. The number of hydrogen-bond acceptors (Lipinski definition) is 4. The first-order valence-corrected chi connectivity index (χ1v) is 10.7. The fourth-order valence-corrected chi connectivity index (χ4v) is 3.14. The first-order valence-electron chi connectivity index (χ1n) is 8.74. The average Bonchev–Trinajstić information content (AvgIpc) is 2.71. The highest BCUT2D eigenvalue weighted by molar-refractivity contribution is 9.10. The molecular weight excluding hydrogens is 557 g/mol. The number of halogens is 7. The molecule has 0 saturated carbocycles. The van der Waals surface area contributed by atoms with Crippen LogP contribution in [0.3, 0.4) is 0 Å². The molecule has 0 fully saturated rings. The lowest BCUT2D eigenvalue weighted by Crippen LogP contribution is -2.05. The molecule has 0 amide bonds. The summed E-state index contributed by atoms with van der Waals surface area (Å²) in [5, 5.41) is -0.254. The summed E-state index contributed by atoms with van der Waals surface area (Å²) < 4.78 is 55.6. The molecule has 2 aromatic carbocycles. The van der Waals surface area contributed by atoms with E-state index >= 15 is 0 Å². The van der Waals surface area contributed by atoms with E-state index in [9.17, 15) is 13.2 Å². The second-order valence-corrected chi connectivity index (χ2v) is 8.35. The fraction of sp³-hybridized carbons (Fsp3) is 0.0952. The van der Waals surface area contributed by atoms with Gasteiger partial charge in [0.25, 0.3) is 0 Å². The minimum atomic E-state index is -4.54. The largest absolute Gasteiger partial charge is 0.488 e. The summed E-state index contributed by atoms with van der Waals surface area (Å²) in [6.07, 6.45) is -2.37. The van der Waals surface area contributed by atoms with Crippen LogP contribution in [0.4, 0.5) is 13.2 Å². The van der Waals surface area contributed by atoms with Gasteiger partial charge in [-0.25, -0.2) is 4.98 Å². The Morgan fingerprint density at radius 1 is 0.969 bits per heavy atom. The first-order chi connectivity index (χ1) is 15.1. The van der Waals surface area contributed by atoms with Gasteiger partial charge in [-0.15, -0.1) is 0 Å². The SMILES string of the molecule is FC(F)(F)c1cnc(Oc2ccc(Oc3ccc(OCC=C(Cl)Cl)c(Br)c3)cc2)c(Cl)c1. The van der Waals surface area contributed by atoms with E-state index in [4.69, 9.17) is 49.0 Å². The molecule has 3 rings (SSSR count). The molecule has 0 aliphatic heterocycles. The molecule has 4 nitrogen and oxygen atoms in total. The molecule has 168 valence electrons. The van der Waals surface area contributed by atoms with Crippen molar-refractivity contribution < 1.29 is 27.4 Å². The Bertz CT molecular complexity index is 1120. The zero-order chi connectivity index (χ0) is 23.3. The van der Waals surface area contributed by atoms with Gasteiger partial charge in [-0.3, -0.25) is 0 Å². The summed E-state index contributed by atoms with van der Waals surface area (Å²) in [4.78, 5) is 3.64. The molecule has 11 heteroatoms. The predicted octanol–water partition coefficient (Wildman–Crippen LogP) is 8.80. The van der Waals surface area contributed by atoms with E-state index in [2.05, 4.69) is 20.9 Å². The Kier molecular flexibility index (Phi) is 8.16. The molecule has 32 heavy (non-hydrogen) atoms. The van der Waals surface area contributed by atoms with Crippen LogP contribution in [0.2, 0.25) is 5.02 Å². The van der Waals surface area contributed by atoms with Crippen LogP contribution in [-0.4, -0.2) is 11.6 Å². The second-order valence-electron chi connectivity index (χ2n) is 6.08. The van der Waals surface area contributed by atoms with E-state index in [0.717, 1.165) is 6.07 Å². The summed E-state index contributed by atoms with van der Waals surface area (Å²) in [5.74, 6) is 1.80. The van der Waals surface area contributed by atoms with E-state index in [1.807, 2.05) is 0 Å². The summed E-state index contributed by atoms with van der Waals surface area (Å²) in [5.41, 5.74) is -0.958. The Hall–Kier alpha value is -2.13. The van der Waals surface area contributed by atoms with Gasteiger partial charge >= 0.3 is 6.18 Å². The van der Waals surface area contributed by atoms with Gasteiger partial charge in [0.2, 0.25) is 5.88 Å². The van der Waals surface area contributed by atoms with E-state index in [1.54, 1.807) is 42.5 Å². The second kappa shape index (κ2) is 10.7. The third-order valence-electron chi connectivity index (χ3n) is 3.79. The molecule has 1 heterocycles. The molecule has 3 aromatic rings. The molecule has 0 aliphatic carbocycles. The Balaban J connectivity index is 1.64. The number of nitrogens with zero attached hydrogens (tertiary/aromatic N) is 1. The highest BCUT2D eigenvalue weighted by Crippen LogP contribution is 2.36. The summed E-state index contributed by atoms with van der Waals surface area (Å²) in [6.45, 7) is 0.209. The van der Waals surface area contributed by atoms with Crippen molar-refractivity contribution in [2.75, 3.05) is 6.61 Å². The lowest BCUT2D eigenvalue weighted by atomic mass is 10.3. The normalized spacial score (nSPS) is 11.1. The van der Waals surface area contributed by atoms with Gasteiger partial charge in [0.05, 0.1) is 10.0 Å². The Morgan fingerprint density at radius 2 is 1.59 bits per heavy atom. The third kappa shape index (κ3) is 6.93. The molecule has 0 N–H and O–H groups in total. The number of pyridine rings is 1. The minimum absolute atomic E-state index is 0.116. The van der Waals surface area contributed by atoms with Crippen molar-refractivity contribution in [2.45, 2.75) is 6.18 Å². The maximum atomic E-state index is 12.7. The Morgan fingerprint density at radius 3 is 2.16 bits per heavy atom. The van der Waals surface area contributed by atoms with E-state index < -0.39 is 11.7 Å². The zero-order valence-electron chi connectivity index (χ0n) is 15.8. The number of ether oxygens (including phenoxy) is 3. The lowest BCUT2D eigenvalue weighted by Gasteiger charge is -2.11. The van der Waals surface area contributed by atoms with Crippen molar-refractivity contribution >= 4 is 50.7 Å². The summed E-state index contributed by atoms with van der Waals surface area (Å²) >= 11 is 20.3. The number of alkyl halides is 3. The van der Waals surface area contributed by atoms with Crippen LogP contribution < -0.4 is 14.2 Å². The van der Waals surface area contributed by atoms with Gasteiger partial charge < -0.3 is 14.2 Å². The van der Waals surface area contributed by atoms with Gasteiger partial charge in [-0.2, -0.15) is 13.2 Å². The van der Waals surface area contributed by atoms with Gasteiger partial charge in [-0.1, -0.05) is 34.8 Å². The highest BCUT2D eigenvalue weighted by Gasteiger charge is 2.31. The summed E-state index contributed by atoms with van der Waals surface area (Å²) in [6, 6.07) is 12.3. The minimum Gasteiger partial charge on any atom is -0.488 e. The van der Waals surface area contributed by atoms with Crippen molar-refractivity contribution in [3.63, 3.8) is 0 Å². The van der Waals surface area contributed by atoms with E-state index in [1.165, 1.54) is 6.08 Å². The summed E-state index contributed by atoms with van der Waals surface area (Å²) in [7, 11) is 0. The molecule has 0 atom stereocenters. The van der Waals surface area contributed by atoms with Crippen molar-refractivity contribution in [3.8, 4) is 28.9 Å². The molecule has 0 saturated heterocycles. The number of rotatable bonds is 7.